The van der Waals surface area contributed by atoms with Gasteiger partial charge in [0, 0.05) is 17.9 Å². The monoisotopic (exact) mass is 322 g/mol. The molecule has 2 rings (SSSR count). The smallest absolute Gasteiger partial charge is 0.161 e. The van der Waals surface area contributed by atoms with Gasteiger partial charge in [-0.15, -0.1) is 0 Å². The van der Waals surface area contributed by atoms with Crippen molar-refractivity contribution in [3.05, 3.63) is 47.2 Å². The van der Waals surface area contributed by atoms with Gasteiger partial charge in [0.1, 0.15) is 11.8 Å². The molecule has 0 saturated heterocycles. The van der Waals surface area contributed by atoms with Crippen LogP contribution in [-0.4, -0.2) is 30.4 Å². The molecule has 0 saturated carbocycles. The lowest BCUT2D eigenvalue weighted by Gasteiger charge is -2.18. The Labute approximate surface area is 134 Å². The van der Waals surface area contributed by atoms with Gasteiger partial charge >= 0.3 is 0 Å². The molecule has 118 valence electrons. The van der Waals surface area contributed by atoms with E-state index in [9.17, 15) is 0 Å². The normalized spacial score (nSPS) is 11.8. The molecule has 1 atom stereocenters. The summed E-state index contributed by atoms with van der Waals surface area (Å²) in [6.07, 6.45) is 1.66. The molecule has 22 heavy (non-hydrogen) atoms. The Bertz CT molecular complexity index is 622. The number of benzene rings is 1. The van der Waals surface area contributed by atoms with E-state index < -0.39 is 0 Å². The first-order valence-corrected chi connectivity index (χ1v) is 7.31. The fourth-order valence-electron chi connectivity index (χ4n) is 2.05. The van der Waals surface area contributed by atoms with Crippen molar-refractivity contribution in [1.82, 2.24) is 4.98 Å². The number of nitrogens with one attached hydrogen (secondary N) is 1. The van der Waals surface area contributed by atoms with E-state index in [1.807, 2.05) is 31.2 Å². The quantitative estimate of drug-likeness (QED) is 0.766. The third kappa shape index (κ3) is 4.26. The van der Waals surface area contributed by atoms with Crippen LogP contribution in [0.5, 0.6) is 11.5 Å². The second-order valence-electron chi connectivity index (χ2n) is 4.72. The third-order valence-electron chi connectivity index (χ3n) is 3.15. The molecule has 2 aromatic rings. The summed E-state index contributed by atoms with van der Waals surface area (Å²) in [5.41, 5.74) is 1.94. The average Bonchev–Trinajstić information content (AvgIpc) is 2.52. The number of methoxy groups -OCH3 is 1. The zero-order valence-corrected chi connectivity index (χ0v) is 13.3. The molecule has 6 heteroatoms. The Morgan fingerprint density at radius 1 is 1.27 bits per heavy atom. The number of hydrogen-bond donors (Lipinski definition) is 2. The SMILES string of the molecule is COc1cc(C(C)Nc2ccnc(Cl)c2)ccc1OCCO. The first-order valence-electron chi connectivity index (χ1n) is 6.93. The van der Waals surface area contributed by atoms with Crippen LogP contribution in [0.25, 0.3) is 0 Å². The molecule has 2 N–H and O–H groups in total. The maximum Gasteiger partial charge on any atom is 0.161 e. The van der Waals surface area contributed by atoms with Crippen molar-refractivity contribution in [3.63, 3.8) is 0 Å². The molecule has 0 aliphatic rings. The maximum atomic E-state index is 8.83. The molecule has 0 bridgehead atoms. The van der Waals surface area contributed by atoms with Crippen LogP contribution in [0.4, 0.5) is 5.69 Å². The number of rotatable bonds is 7. The Hall–Kier alpha value is -1.98. The van der Waals surface area contributed by atoms with Gasteiger partial charge in [-0.1, -0.05) is 17.7 Å². The minimum absolute atomic E-state index is 0.0360. The Kier molecular flexibility index (Phi) is 5.86. The number of pyridine rings is 1. The number of halogens is 1. The number of anilines is 1. The van der Waals surface area contributed by atoms with Gasteiger partial charge in [-0.05, 0) is 36.8 Å². The fourth-order valence-corrected chi connectivity index (χ4v) is 2.23. The van der Waals surface area contributed by atoms with Crippen LogP contribution in [0.3, 0.4) is 0 Å². The molecule has 1 aromatic carbocycles. The van der Waals surface area contributed by atoms with Crippen molar-refractivity contribution in [3.8, 4) is 11.5 Å². The summed E-state index contributed by atoms with van der Waals surface area (Å²) in [7, 11) is 1.59. The van der Waals surface area contributed by atoms with Crippen molar-refractivity contribution in [1.29, 1.82) is 0 Å². The van der Waals surface area contributed by atoms with E-state index in [-0.39, 0.29) is 19.3 Å². The molecule has 0 spiro atoms. The van der Waals surface area contributed by atoms with Gasteiger partial charge in [0.05, 0.1) is 13.7 Å². The van der Waals surface area contributed by atoms with Gasteiger partial charge in [-0.25, -0.2) is 4.98 Å². The van der Waals surface area contributed by atoms with Crippen molar-refractivity contribution in [2.75, 3.05) is 25.6 Å². The molecule has 0 aliphatic heterocycles. The van der Waals surface area contributed by atoms with E-state index in [4.69, 9.17) is 26.2 Å². The van der Waals surface area contributed by atoms with Crippen molar-refractivity contribution < 1.29 is 14.6 Å². The van der Waals surface area contributed by atoms with E-state index >= 15 is 0 Å². The van der Waals surface area contributed by atoms with E-state index in [2.05, 4.69) is 10.3 Å². The van der Waals surface area contributed by atoms with Crippen LogP contribution in [0.1, 0.15) is 18.5 Å². The number of aromatic nitrogens is 1. The Morgan fingerprint density at radius 2 is 2.09 bits per heavy atom. The van der Waals surface area contributed by atoms with Crippen molar-refractivity contribution >= 4 is 17.3 Å². The van der Waals surface area contributed by atoms with Crippen LogP contribution >= 0.6 is 11.6 Å². The Morgan fingerprint density at radius 3 is 2.77 bits per heavy atom. The third-order valence-corrected chi connectivity index (χ3v) is 3.35. The standard InChI is InChI=1S/C16H19ClN2O3/c1-11(19-13-5-6-18-16(17)10-13)12-3-4-14(22-8-7-20)15(9-12)21-2/h3-6,9-11,20H,7-8H2,1-2H3,(H,18,19). The highest BCUT2D eigenvalue weighted by Crippen LogP contribution is 2.31. The molecular formula is C16H19ClN2O3. The van der Waals surface area contributed by atoms with Crippen LogP contribution in [-0.2, 0) is 0 Å². The summed E-state index contributed by atoms with van der Waals surface area (Å²) >= 11 is 5.88. The second-order valence-corrected chi connectivity index (χ2v) is 5.10. The first-order chi connectivity index (χ1) is 10.6. The van der Waals surface area contributed by atoms with Gasteiger partial charge in [0.15, 0.2) is 11.5 Å². The highest BCUT2D eigenvalue weighted by Gasteiger charge is 2.11. The van der Waals surface area contributed by atoms with Crippen LogP contribution in [0.2, 0.25) is 5.15 Å². The first kappa shape index (κ1) is 16.4. The molecule has 0 aliphatic carbocycles. The van der Waals surface area contributed by atoms with Crippen LogP contribution < -0.4 is 14.8 Å². The summed E-state index contributed by atoms with van der Waals surface area (Å²) < 4.78 is 10.8. The lowest BCUT2D eigenvalue weighted by molar-refractivity contribution is 0.196. The predicted molar refractivity (Wildman–Crippen MR) is 86.9 cm³/mol. The Balaban J connectivity index is 2.13. The summed E-state index contributed by atoms with van der Waals surface area (Å²) in [4.78, 5) is 3.96. The second kappa shape index (κ2) is 7.87. The van der Waals surface area contributed by atoms with Gasteiger partial charge < -0.3 is 19.9 Å². The zero-order valence-electron chi connectivity index (χ0n) is 12.5. The van der Waals surface area contributed by atoms with E-state index in [1.54, 1.807) is 19.4 Å². The van der Waals surface area contributed by atoms with Gasteiger partial charge in [0.2, 0.25) is 0 Å². The lowest BCUT2D eigenvalue weighted by atomic mass is 10.1. The molecule has 5 nitrogen and oxygen atoms in total. The van der Waals surface area contributed by atoms with Crippen molar-refractivity contribution in [2.24, 2.45) is 0 Å². The molecular weight excluding hydrogens is 304 g/mol. The van der Waals surface area contributed by atoms with Crippen LogP contribution in [0, 0.1) is 0 Å². The summed E-state index contributed by atoms with van der Waals surface area (Å²) in [6, 6.07) is 9.38. The molecule has 0 radical (unpaired) electrons. The highest BCUT2D eigenvalue weighted by molar-refractivity contribution is 6.29. The lowest BCUT2D eigenvalue weighted by Crippen LogP contribution is -2.08. The molecule has 0 fully saturated rings. The molecule has 0 amide bonds. The molecule has 1 aromatic heterocycles. The summed E-state index contributed by atoms with van der Waals surface area (Å²) in [6.45, 7) is 2.24. The summed E-state index contributed by atoms with van der Waals surface area (Å²) in [5, 5.41) is 12.6. The van der Waals surface area contributed by atoms with Crippen molar-refractivity contribution in [2.45, 2.75) is 13.0 Å². The number of aliphatic hydroxyl groups is 1. The number of hydrogen-bond acceptors (Lipinski definition) is 5. The summed E-state index contributed by atoms with van der Waals surface area (Å²) in [5.74, 6) is 1.24. The average molecular weight is 323 g/mol. The highest BCUT2D eigenvalue weighted by atomic mass is 35.5. The maximum absolute atomic E-state index is 8.83. The molecule has 1 heterocycles. The van der Waals surface area contributed by atoms with Gasteiger partial charge in [-0.3, -0.25) is 0 Å². The predicted octanol–water partition coefficient (Wildman–Crippen LogP) is 3.29. The largest absolute Gasteiger partial charge is 0.493 e. The fraction of sp³-hybridized carbons (Fsp3) is 0.312. The number of nitrogens with zero attached hydrogens (tertiary/aromatic N) is 1. The molecule has 1 unspecified atom stereocenters. The minimum atomic E-state index is -0.0360. The van der Waals surface area contributed by atoms with E-state index in [1.165, 1.54) is 0 Å². The van der Waals surface area contributed by atoms with Gasteiger partial charge in [0.25, 0.3) is 0 Å². The topological polar surface area (TPSA) is 63.6 Å². The number of aliphatic hydroxyl groups excluding tert-OH is 1. The zero-order chi connectivity index (χ0) is 15.9. The number of ether oxygens (including phenoxy) is 2. The van der Waals surface area contributed by atoms with E-state index in [0.29, 0.717) is 16.7 Å². The van der Waals surface area contributed by atoms with E-state index in [0.717, 1.165) is 11.3 Å². The minimum Gasteiger partial charge on any atom is -0.493 e. The van der Waals surface area contributed by atoms with Gasteiger partial charge in [-0.2, -0.15) is 0 Å². The van der Waals surface area contributed by atoms with Crippen LogP contribution in [0.15, 0.2) is 36.5 Å².